The van der Waals surface area contributed by atoms with Gasteiger partial charge < -0.3 is 5.32 Å². The molecule has 1 aromatic heterocycles. The molecule has 1 N–H and O–H groups in total. The van der Waals surface area contributed by atoms with Gasteiger partial charge in [0.1, 0.15) is 5.82 Å². The Labute approximate surface area is 146 Å². The van der Waals surface area contributed by atoms with E-state index in [0.29, 0.717) is 18.5 Å². The van der Waals surface area contributed by atoms with Crippen molar-refractivity contribution in [3.8, 4) is 5.69 Å². The Morgan fingerprint density at radius 3 is 2.71 bits per heavy atom. The lowest BCUT2D eigenvalue weighted by Gasteiger charge is -2.04. The summed E-state index contributed by atoms with van der Waals surface area (Å²) >= 11 is 3.43. The van der Waals surface area contributed by atoms with Gasteiger partial charge in [0.15, 0.2) is 5.69 Å². The molecule has 0 atom stereocenters. The molecule has 0 saturated carbocycles. The molecule has 0 aliphatic carbocycles. The number of halogens is 2. The van der Waals surface area contributed by atoms with E-state index in [-0.39, 0.29) is 17.4 Å². The first-order valence-corrected chi connectivity index (χ1v) is 8.13. The Morgan fingerprint density at radius 2 is 1.92 bits per heavy atom. The van der Waals surface area contributed by atoms with Crippen molar-refractivity contribution in [3.05, 3.63) is 76.3 Å². The number of carbonyl (C=O) groups excluding carboxylic acids is 1. The van der Waals surface area contributed by atoms with E-state index < -0.39 is 0 Å². The maximum Gasteiger partial charge on any atom is 0.273 e. The second-order valence-corrected chi connectivity index (χ2v) is 5.95. The monoisotopic (exact) mass is 388 g/mol. The van der Waals surface area contributed by atoms with Crippen LogP contribution in [0.2, 0.25) is 0 Å². The molecular weight excluding hydrogens is 375 g/mol. The van der Waals surface area contributed by atoms with Gasteiger partial charge >= 0.3 is 0 Å². The van der Waals surface area contributed by atoms with Crippen LogP contribution in [0.25, 0.3) is 5.69 Å². The predicted octanol–water partition coefficient (Wildman–Crippen LogP) is 3.14. The summed E-state index contributed by atoms with van der Waals surface area (Å²) in [6, 6.07) is 14.0. The summed E-state index contributed by atoms with van der Waals surface area (Å²) in [7, 11) is 0. The minimum absolute atomic E-state index is 0.208. The van der Waals surface area contributed by atoms with Gasteiger partial charge in [-0.15, -0.1) is 5.10 Å². The number of nitrogens with zero attached hydrogens (tertiary/aromatic N) is 3. The standard InChI is InChI=1S/C17H14BrFN4O/c18-13-6-2-4-8-16(13)23-11-15(21-22-23)17(24)20-10-9-12-5-1-3-7-14(12)19/h1-8,11H,9-10H2,(H,20,24). The molecule has 24 heavy (non-hydrogen) atoms. The van der Waals surface area contributed by atoms with Crippen LogP contribution < -0.4 is 5.32 Å². The Balaban J connectivity index is 1.62. The third-order valence-electron chi connectivity index (χ3n) is 3.46. The molecular formula is C17H14BrFN4O. The van der Waals surface area contributed by atoms with E-state index in [2.05, 4.69) is 31.6 Å². The van der Waals surface area contributed by atoms with Crippen LogP contribution in [-0.4, -0.2) is 27.4 Å². The van der Waals surface area contributed by atoms with Gasteiger partial charge in [-0.1, -0.05) is 35.5 Å². The van der Waals surface area contributed by atoms with Gasteiger partial charge in [0.05, 0.1) is 11.9 Å². The number of hydrogen-bond acceptors (Lipinski definition) is 3. The van der Waals surface area contributed by atoms with E-state index in [9.17, 15) is 9.18 Å². The maximum atomic E-state index is 13.5. The zero-order chi connectivity index (χ0) is 16.9. The molecule has 0 saturated heterocycles. The van der Waals surface area contributed by atoms with Crippen LogP contribution in [0, 0.1) is 5.82 Å². The highest BCUT2D eigenvalue weighted by atomic mass is 79.9. The minimum atomic E-state index is -0.343. The van der Waals surface area contributed by atoms with Gasteiger partial charge in [0, 0.05) is 11.0 Å². The van der Waals surface area contributed by atoms with Crippen molar-refractivity contribution in [2.75, 3.05) is 6.54 Å². The molecule has 3 rings (SSSR count). The quantitative estimate of drug-likeness (QED) is 0.730. The number of hydrogen-bond donors (Lipinski definition) is 1. The largest absolute Gasteiger partial charge is 0.350 e. The summed E-state index contributed by atoms with van der Waals surface area (Å²) in [5.41, 5.74) is 1.56. The third kappa shape index (κ3) is 3.68. The Morgan fingerprint density at radius 1 is 1.17 bits per heavy atom. The summed E-state index contributed by atoms with van der Waals surface area (Å²) in [6.07, 6.45) is 1.97. The molecule has 0 spiro atoms. The number of aromatic nitrogens is 3. The zero-order valence-electron chi connectivity index (χ0n) is 12.6. The molecule has 7 heteroatoms. The van der Waals surface area contributed by atoms with Crippen molar-refractivity contribution in [1.82, 2.24) is 20.3 Å². The molecule has 1 heterocycles. The molecule has 0 aliphatic heterocycles. The van der Waals surface area contributed by atoms with Crippen LogP contribution in [0.3, 0.4) is 0 Å². The van der Waals surface area contributed by atoms with E-state index in [4.69, 9.17) is 0 Å². The number of benzene rings is 2. The molecule has 0 fully saturated rings. The van der Waals surface area contributed by atoms with Gasteiger partial charge in [-0.05, 0) is 46.1 Å². The van der Waals surface area contributed by atoms with Crippen molar-refractivity contribution in [3.63, 3.8) is 0 Å². The summed E-state index contributed by atoms with van der Waals surface area (Å²) < 4.78 is 15.9. The second-order valence-electron chi connectivity index (χ2n) is 5.10. The number of para-hydroxylation sites is 1. The lowest BCUT2D eigenvalue weighted by molar-refractivity contribution is 0.0949. The fourth-order valence-electron chi connectivity index (χ4n) is 2.23. The number of rotatable bonds is 5. The Bertz CT molecular complexity index is 865. The average molecular weight is 389 g/mol. The van der Waals surface area contributed by atoms with Crippen molar-refractivity contribution in [2.24, 2.45) is 0 Å². The smallest absolute Gasteiger partial charge is 0.273 e. The minimum Gasteiger partial charge on any atom is -0.350 e. The molecule has 2 aromatic carbocycles. The first kappa shape index (κ1) is 16.3. The second kappa shape index (κ2) is 7.35. The predicted molar refractivity (Wildman–Crippen MR) is 91.5 cm³/mol. The van der Waals surface area contributed by atoms with Crippen molar-refractivity contribution in [1.29, 1.82) is 0 Å². The average Bonchev–Trinajstić information content (AvgIpc) is 3.07. The molecule has 122 valence electrons. The van der Waals surface area contributed by atoms with Crippen molar-refractivity contribution >= 4 is 21.8 Å². The van der Waals surface area contributed by atoms with Crippen molar-refractivity contribution in [2.45, 2.75) is 6.42 Å². The molecule has 0 radical (unpaired) electrons. The first-order valence-electron chi connectivity index (χ1n) is 7.34. The van der Waals surface area contributed by atoms with E-state index >= 15 is 0 Å². The summed E-state index contributed by atoms with van der Waals surface area (Å²) in [4.78, 5) is 12.1. The molecule has 0 aliphatic rings. The summed E-state index contributed by atoms with van der Waals surface area (Å²) in [5.74, 6) is -0.615. The highest BCUT2D eigenvalue weighted by molar-refractivity contribution is 9.10. The topological polar surface area (TPSA) is 59.8 Å². The SMILES string of the molecule is O=C(NCCc1ccccc1F)c1cn(-c2ccccc2Br)nn1. The van der Waals surface area contributed by atoms with Gasteiger partial charge in [-0.25, -0.2) is 9.07 Å². The van der Waals surface area contributed by atoms with Crippen LogP contribution in [0.1, 0.15) is 16.1 Å². The van der Waals surface area contributed by atoms with E-state index in [1.807, 2.05) is 24.3 Å². The highest BCUT2D eigenvalue weighted by Crippen LogP contribution is 2.19. The van der Waals surface area contributed by atoms with Crippen LogP contribution in [0.15, 0.2) is 59.2 Å². The number of amides is 1. The fourth-order valence-corrected chi connectivity index (χ4v) is 2.69. The summed E-state index contributed by atoms with van der Waals surface area (Å²) in [5, 5.41) is 10.6. The third-order valence-corrected chi connectivity index (χ3v) is 4.13. The van der Waals surface area contributed by atoms with Gasteiger partial charge in [0.25, 0.3) is 5.91 Å². The fraction of sp³-hybridized carbons (Fsp3) is 0.118. The van der Waals surface area contributed by atoms with E-state index in [0.717, 1.165) is 10.2 Å². The highest BCUT2D eigenvalue weighted by Gasteiger charge is 2.12. The lowest BCUT2D eigenvalue weighted by Crippen LogP contribution is -2.26. The summed E-state index contributed by atoms with van der Waals surface area (Å²) in [6.45, 7) is 0.321. The molecule has 0 unspecified atom stereocenters. The lowest BCUT2D eigenvalue weighted by atomic mass is 10.1. The van der Waals surface area contributed by atoms with Crippen LogP contribution in [0.5, 0.6) is 0 Å². The normalized spacial score (nSPS) is 10.6. The van der Waals surface area contributed by atoms with Crippen LogP contribution in [-0.2, 0) is 6.42 Å². The first-order chi connectivity index (χ1) is 11.6. The molecule has 1 amide bonds. The van der Waals surface area contributed by atoms with E-state index in [1.54, 1.807) is 24.4 Å². The van der Waals surface area contributed by atoms with Crippen molar-refractivity contribution < 1.29 is 9.18 Å². The zero-order valence-corrected chi connectivity index (χ0v) is 14.2. The van der Waals surface area contributed by atoms with Gasteiger partial charge in [-0.3, -0.25) is 4.79 Å². The molecule has 0 bridgehead atoms. The van der Waals surface area contributed by atoms with Gasteiger partial charge in [-0.2, -0.15) is 0 Å². The maximum absolute atomic E-state index is 13.5. The molecule has 3 aromatic rings. The van der Waals surface area contributed by atoms with Gasteiger partial charge in [0.2, 0.25) is 0 Å². The Kier molecular flexibility index (Phi) is 5.00. The van der Waals surface area contributed by atoms with E-state index in [1.165, 1.54) is 10.7 Å². The van der Waals surface area contributed by atoms with Crippen LogP contribution in [0.4, 0.5) is 4.39 Å². The van der Waals surface area contributed by atoms with Crippen LogP contribution >= 0.6 is 15.9 Å². The number of carbonyl (C=O) groups is 1. The number of nitrogens with one attached hydrogen (secondary N) is 1. The Hall–Kier alpha value is -2.54. The molecule has 5 nitrogen and oxygen atoms in total.